The standard InChI is InChI=1S/C20H15ClN2O6/c1-2-29-18(25)16-15(17(24)10-3-6-12(7-4-10)23(27)28)20(16)13-9-11(21)5-8-14(13)22-19(20)26/h3-9,15-16H,2H2,1H3,(H,22,26)/t15-,16-,20+/m1/s1. The van der Waals surface area contributed by atoms with Crippen LogP contribution in [0.4, 0.5) is 11.4 Å². The van der Waals surface area contributed by atoms with Gasteiger partial charge in [0.2, 0.25) is 5.91 Å². The molecule has 1 heterocycles. The number of amides is 1. The Kier molecular flexibility index (Phi) is 4.38. The second kappa shape index (κ2) is 6.66. The first kappa shape index (κ1) is 19.1. The van der Waals surface area contributed by atoms with Gasteiger partial charge in [-0.15, -0.1) is 0 Å². The van der Waals surface area contributed by atoms with Crippen LogP contribution in [-0.4, -0.2) is 29.2 Å². The highest BCUT2D eigenvalue weighted by atomic mass is 35.5. The van der Waals surface area contributed by atoms with E-state index in [4.69, 9.17) is 16.3 Å². The number of carbonyl (C=O) groups excluding carboxylic acids is 3. The van der Waals surface area contributed by atoms with Crippen molar-refractivity contribution in [3.05, 3.63) is 68.7 Å². The first-order valence-corrected chi connectivity index (χ1v) is 9.27. The van der Waals surface area contributed by atoms with Crippen LogP contribution in [0.3, 0.4) is 0 Å². The van der Waals surface area contributed by atoms with Crippen molar-refractivity contribution in [3.63, 3.8) is 0 Å². The number of rotatable bonds is 5. The van der Waals surface area contributed by atoms with E-state index in [0.717, 1.165) is 0 Å². The molecule has 3 atom stereocenters. The van der Waals surface area contributed by atoms with Gasteiger partial charge in [-0.05, 0) is 42.8 Å². The summed E-state index contributed by atoms with van der Waals surface area (Å²) in [5.41, 5.74) is -0.411. The number of nitro benzene ring substituents is 1. The monoisotopic (exact) mass is 414 g/mol. The lowest BCUT2D eigenvalue weighted by atomic mass is 9.91. The van der Waals surface area contributed by atoms with E-state index in [-0.39, 0.29) is 17.9 Å². The van der Waals surface area contributed by atoms with Gasteiger partial charge in [0.15, 0.2) is 5.78 Å². The number of hydrogen-bond acceptors (Lipinski definition) is 6. The molecular formula is C20H15ClN2O6. The summed E-state index contributed by atoms with van der Waals surface area (Å²) in [4.78, 5) is 49.0. The summed E-state index contributed by atoms with van der Waals surface area (Å²) in [5.74, 6) is -3.54. The molecule has 2 aromatic rings. The minimum atomic E-state index is -1.40. The molecule has 0 saturated heterocycles. The summed E-state index contributed by atoms with van der Waals surface area (Å²) >= 11 is 6.10. The van der Waals surface area contributed by atoms with Gasteiger partial charge < -0.3 is 10.1 Å². The molecule has 1 spiro atoms. The number of nitrogens with zero attached hydrogens (tertiary/aromatic N) is 1. The van der Waals surface area contributed by atoms with Crippen molar-refractivity contribution in [2.45, 2.75) is 12.3 Å². The average Bonchev–Trinajstić information content (AvgIpc) is 3.32. The van der Waals surface area contributed by atoms with Crippen LogP contribution in [-0.2, 0) is 19.7 Å². The predicted octanol–water partition coefficient (Wildman–Crippen LogP) is 3.13. The number of ketones is 1. The van der Waals surface area contributed by atoms with Crippen molar-refractivity contribution < 1.29 is 24.0 Å². The van der Waals surface area contributed by atoms with Gasteiger partial charge in [0.05, 0.1) is 23.4 Å². The molecule has 1 saturated carbocycles. The maximum atomic E-state index is 13.2. The summed E-state index contributed by atoms with van der Waals surface area (Å²) in [6, 6.07) is 9.86. The van der Waals surface area contributed by atoms with Gasteiger partial charge in [0, 0.05) is 28.4 Å². The molecule has 1 amide bonds. The number of nitrogens with one attached hydrogen (secondary N) is 1. The van der Waals surface area contributed by atoms with Crippen LogP contribution in [0, 0.1) is 22.0 Å². The molecule has 1 aliphatic heterocycles. The van der Waals surface area contributed by atoms with Crippen LogP contribution < -0.4 is 5.32 Å². The fourth-order valence-corrected chi connectivity index (χ4v) is 4.33. The Morgan fingerprint density at radius 2 is 1.90 bits per heavy atom. The Bertz CT molecular complexity index is 1070. The van der Waals surface area contributed by atoms with Crippen LogP contribution in [0.2, 0.25) is 5.02 Å². The quantitative estimate of drug-likeness (QED) is 0.348. The molecule has 1 fully saturated rings. The maximum Gasteiger partial charge on any atom is 0.311 e. The van der Waals surface area contributed by atoms with E-state index < -0.39 is 39.8 Å². The summed E-state index contributed by atoms with van der Waals surface area (Å²) in [6.45, 7) is 1.74. The molecule has 0 radical (unpaired) electrons. The highest BCUT2D eigenvalue weighted by Crippen LogP contribution is 2.66. The van der Waals surface area contributed by atoms with E-state index in [1.807, 2.05) is 0 Å². The van der Waals surface area contributed by atoms with Crippen molar-refractivity contribution >= 4 is 40.6 Å². The van der Waals surface area contributed by atoms with E-state index in [9.17, 15) is 24.5 Å². The van der Waals surface area contributed by atoms with E-state index in [0.29, 0.717) is 16.3 Å². The lowest BCUT2D eigenvalue weighted by Gasteiger charge is -2.09. The molecule has 0 unspecified atom stereocenters. The molecule has 1 N–H and O–H groups in total. The first-order chi connectivity index (χ1) is 13.8. The zero-order chi connectivity index (χ0) is 20.9. The minimum Gasteiger partial charge on any atom is -0.466 e. The predicted molar refractivity (Wildman–Crippen MR) is 103 cm³/mol. The molecule has 148 valence electrons. The SMILES string of the molecule is CCOC(=O)[C@H]1[C@H](C(=O)c2ccc([N+](=O)[O-])cc2)[C@]12C(=O)Nc1ccc(Cl)cc12. The number of ether oxygens (including phenoxy) is 1. The molecular weight excluding hydrogens is 400 g/mol. The molecule has 8 nitrogen and oxygen atoms in total. The number of halogens is 1. The van der Waals surface area contributed by atoms with Gasteiger partial charge in [-0.2, -0.15) is 0 Å². The van der Waals surface area contributed by atoms with Crippen LogP contribution >= 0.6 is 11.6 Å². The van der Waals surface area contributed by atoms with Gasteiger partial charge >= 0.3 is 5.97 Å². The zero-order valence-electron chi connectivity index (χ0n) is 15.2. The molecule has 29 heavy (non-hydrogen) atoms. The lowest BCUT2D eigenvalue weighted by Crippen LogP contribution is -2.26. The third-order valence-corrected chi connectivity index (χ3v) is 5.68. The van der Waals surface area contributed by atoms with Gasteiger partial charge in [-0.3, -0.25) is 24.5 Å². The number of hydrogen-bond donors (Lipinski definition) is 1. The number of anilines is 1. The third kappa shape index (κ3) is 2.71. The molecule has 2 aromatic carbocycles. The van der Waals surface area contributed by atoms with Crippen molar-refractivity contribution in [2.75, 3.05) is 11.9 Å². The van der Waals surface area contributed by atoms with Crippen LogP contribution in [0.25, 0.3) is 0 Å². The first-order valence-electron chi connectivity index (χ1n) is 8.89. The number of esters is 1. The second-order valence-corrected chi connectivity index (χ2v) is 7.33. The normalized spacial score (nSPS) is 24.0. The van der Waals surface area contributed by atoms with Crippen LogP contribution in [0.1, 0.15) is 22.8 Å². The topological polar surface area (TPSA) is 116 Å². The largest absolute Gasteiger partial charge is 0.466 e. The Morgan fingerprint density at radius 1 is 1.21 bits per heavy atom. The lowest BCUT2D eigenvalue weighted by molar-refractivity contribution is -0.384. The molecule has 9 heteroatoms. The molecule has 1 aliphatic carbocycles. The Balaban J connectivity index is 1.78. The highest BCUT2D eigenvalue weighted by Gasteiger charge is 2.79. The fourth-order valence-electron chi connectivity index (χ4n) is 4.16. The van der Waals surface area contributed by atoms with Gasteiger partial charge in [-0.25, -0.2) is 0 Å². The minimum absolute atomic E-state index is 0.105. The van der Waals surface area contributed by atoms with Gasteiger partial charge in [0.25, 0.3) is 5.69 Å². The summed E-state index contributed by atoms with van der Waals surface area (Å²) in [6.07, 6.45) is 0. The van der Waals surface area contributed by atoms with E-state index in [2.05, 4.69) is 5.32 Å². The van der Waals surface area contributed by atoms with Crippen molar-refractivity contribution in [3.8, 4) is 0 Å². The van der Waals surface area contributed by atoms with Gasteiger partial charge in [-0.1, -0.05) is 11.6 Å². The molecule has 0 bridgehead atoms. The number of non-ortho nitro benzene ring substituents is 1. The van der Waals surface area contributed by atoms with Crippen LogP contribution in [0.15, 0.2) is 42.5 Å². The van der Waals surface area contributed by atoms with Crippen molar-refractivity contribution in [1.29, 1.82) is 0 Å². The number of fused-ring (bicyclic) bond motifs is 2. The molecule has 2 aliphatic rings. The highest BCUT2D eigenvalue weighted by molar-refractivity contribution is 6.31. The molecule has 0 aromatic heterocycles. The average molecular weight is 415 g/mol. The van der Waals surface area contributed by atoms with E-state index in [1.165, 1.54) is 24.3 Å². The van der Waals surface area contributed by atoms with Crippen molar-refractivity contribution in [1.82, 2.24) is 0 Å². The number of carbonyl (C=O) groups is 3. The van der Waals surface area contributed by atoms with E-state index >= 15 is 0 Å². The Morgan fingerprint density at radius 3 is 2.52 bits per heavy atom. The summed E-state index contributed by atoms with van der Waals surface area (Å²) < 4.78 is 5.12. The smallest absolute Gasteiger partial charge is 0.311 e. The number of Topliss-reactive ketones (excluding diaryl/α,β-unsaturated/α-hetero) is 1. The molecule has 4 rings (SSSR count). The van der Waals surface area contributed by atoms with Gasteiger partial charge in [0.1, 0.15) is 5.41 Å². The number of benzene rings is 2. The van der Waals surface area contributed by atoms with E-state index in [1.54, 1.807) is 25.1 Å². The summed E-state index contributed by atoms with van der Waals surface area (Å²) in [5, 5.41) is 13.9. The second-order valence-electron chi connectivity index (χ2n) is 6.89. The number of nitro groups is 1. The third-order valence-electron chi connectivity index (χ3n) is 5.44. The van der Waals surface area contributed by atoms with Crippen molar-refractivity contribution in [2.24, 2.45) is 11.8 Å². The van der Waals surface area contributed by atoms with Crippen LogP contribution in [0.5, 0.6) is 0 Å². The maximum absolute atomic E-state index is 13.2. The zero-order valence-corrected chi connectivity index (χ0v) is 15.9. The Labute approximate surface area is 170 Å². The Hall–Kier alpha value is -3.26. The fraction of sp³-hybridized carbons (Fsp3) is 0.250. The summed E-state index contributed by atoms with van der Waals surface area (Å²) in [7, 11) is 0.